The first kappa shape index (κ1) is 9.03. The fourth-order valence-corrected chi connectivity index (χ4v) is 0.952. The number of hydrogen-bond donors (Lipinski definition) is 0. The fourth-order valence-electron chi connectivity index (χ4n) is 0.875. The van der Waals surface area contributed by atoms with Gasteiger partial charge < -0.3 is 0 Å². The van der Waals surface area contributed by atoms with Crippen LogP contribution in [0.5, 0.6) is 0 Å². The number of rotatable bonds is 1. The van der Waals surface area contributed by atoms with Gasteiger partial charge in [0.25, 0.3) is 0 Å². The van der Waals surface area contributed by atoms with E-state index in [4.69, 9.17) is 11.6 Å². The summed E-state index contributed by atoms with van der Waals surface area (Å²) in [6.45, 7) is 8.67. The van der Waals surface area contributed by atoms with Crippen LogP contribution in [-0.2, 0) is 0 Å². The first-order valence-electron chi connectivity index (χ1n) is 3.21. The normalized spacial score (nSPS) is 14.1. The van der Waals surface area contributed by atoms with Crippen molar-refractivity contribution in [1.29, 1.82) is 0 Å². The Kier molecular flexibility index (Phi) is 3.27. The first-order valence-corrected chi connectivity index (χ1v) is 3.65. The second-order valence-corrected chi connectivity index (χ2v) is 3.91. The van der Waals surface area contributed by atoms with Gasteiger partial charge in [-0.2, -0.15) is 0 Å². The van der Waals surface area contributed by atoms with Gasteiger partial charge in [0.1, 0.15) is 0 Å². The topological polar surface area (TPSA) is 0 Å². The second-order valence-electron chi connectivity index (χ2n) is 3.69. The maximum atomic E-state index is 5.50. The smallest absolute Gasteiger partial charge is 0.00318 e. The van der Waals surface area contributed by atoms with Gasteiger partial charge in [0.05, 0.1) is 0 Å². The average molecular weight is 147 g/mol. The van der Waals surface area contributed by atoms with Crippen molar-refractivity contribution in [1.82, 2.24) is 0 Å². The average Bonchev–Trinajstić information content (AvgIpc) is 1.62. The Balaban J connectivity index is 3.75. The van der Waals surface area contributed by atoms with E-state index in [1.54, 1.807) is 5.54 Å². The summed E-state index contributed by atoms with van der Waals surface area (Å²) in [7, 11) is 0. The van der Waals surface area contributed by atoms with Crippen LogP contribution in [0, 0.1) is 5.41 Å². The third-order valence-corrected chi connectivity index (χ3v) is 1.37. The summed E-state index contributed by atoms with van der Waals surface area (Å²) in [6, 6.07) is 0. The highest BCUT2D eigenvalue weighted by Crippen LogP contribution is 2.23. The van der Waals surface area contributed by atoms with Crippen LogP contribution in [0.4, 0.5) is 0 Å². The lowest BCUT2D eigenvalue weighted by Crippen LogP contribution is -2.04. The van der Waals surface area contributed by atoms with Gasteiger partial charge in [0.2, 0.25) is 0 Å². The maximum Gasteiger partial charge on any atom is 0.00318 e. The highest BCUT2D eigenvalue weighted by atomic mass is 35.5. The van der Waals surface area contributed by atoms with Crippen LogP contribution in [0.15, 0.2) is 11.1 Å². The quantitative estimate of drug-likeness (QED) is 0.531. The lowest BCUT2D eigenvalue weighted by Gasteiger charge is -2.17. The molecule has 0 bridgehead atoms. The van der Waals surface area contributed by atoms with Crippen molar-refractivity contribution in [3.63, 3.8) is 0 Å². The third-order valence-electron chi connectivity index (χ3n) is 0.995. The summed E-state index contributed by atoms with van der Waals surface area (Å²) in [5.41, 5.74) is 3.28. The molecule has 0 saturated heterocycles. The molecule has 0 spiro atoms. The highest BCUT2D eigenvalue weighted by Gasteiger charge is 2.09. The van der Waals surface area contributed by atoms with Crippen molar-refractivity contribution < 1.29 is 0 Å². The van der Waals surface area contributed by atoms with Crippen molar-refractivity contribution >= 4 is 11.6 Å². The zero-order valence-electron chi connectivity index (χ0n) is 6.66. The molecule has 0 fully saturated rings. The van der Waals surface area contributed by atoms with Gasteiger partial charge in [-0.15, -0.1) is 0 Å². The molecular weight excluding hydrogens is 132 g/mol. The summed E-state index contributed by atoms with van der Waals surface area (Å²) in [4.78, 5) is 0. The number of hydrogen-bond acceptors (Lipinski definition) is 0. The van der Waals surface area contributed by atoms with E-state index in [2.05, 4.69) is 27.7 Å². The van der Waals surface area contributed by atoms with E-state index in [-0.39, 0.29) is 0 Å². The lowest BCUT2D eigenvalue weighted by atomic mass is 9.89. The van der Waals surface area contributed by atoms with E-state index in [1.807, 2.05) is 0 Å². The van der Waals surface area contributed by atoms with Gasteiger partial charge in [0.15, 0.2) is 0 Å². The minimum atomic E-state index is 0.371. The van der Waals surface area contributed by atoms with Crippen LogP contribution in [-0.4, -0.2) is 0 Å². The molecule has 9 heavy (non-hydrogen) atoms. The van der Waals surface area contributed by atoms with E-state index >= 15 is 0 Å². The van der Waals surface area contributed by atoms with Gasteiger partial charge in [0, 0.05) is 5.54 Å². The van der Waals surface area contributed by atoms with Gasteiger partial charge in [-0.3, -0.25) is 0 Å². The maximum absolute atomic E-state index is 5.50. The molecule has 0 saturated carbocycles. The van der Waals surface area contributed by atoms with Crippen molar-refractivity contribution in [2.45, 2.75) is 34.1 Å². The predicted molar refractivity (Wildman–Crippen MR) is 43.7 cm³/mol. The highest BCUT2D eigenvalue weighted by molar-refractivity contribution is 6.25. The molecule has 0 aliphatic carbocycles. The Morgan fingerprint density at radius 3 is 2.00 bits per heavy atom. The summed E-state index contributed by atoms with van der Waals surface area (Å²) < 4.78 is 0. The molecule has 0 radical (unpaired) electrons. The Labute approximate surface area is 62.9 Å². The van der Waals surface area contributed by atoms with E-state index in [1.165, 1.54) is 5.57 Å². The van der Waals surface area contributed by atoms with E-state index in [0.29, 0.717) is 5.41 Å². The summed E-state index contributed by atoms with van der Waals surface area (Å²) in [5, 5.41) is 0. The molecule has 1 heteroatoms. The minimum Gasteiger partial charge on any atom is -0.0930 e. The first-order chi connectivity index (χ1) is 3.95. The second kappa shape index (κ2) is 3.26. The molecule has 0 atom stereocenters. The van der Waals surface area contributed by atoms with Crippen molar-refractivity contribution in [2.24, 2.45) is 5.41 Å². The summed E-state index contributed by atoms with van der Waals surface area (Å²) >= 11 is 5.50. The zero-order valence-corrected chi connectivity index (χ0v) is 7.42. The van der Waals surface area contributed by atoms with Crippen LogP contribution < -0.4 is 0 Å². The van der Waals surface area contributed by atoms with Crippen LogP contribution in [0.3, 0.4) is 0 Å². The Bertz CT molecular complexity index is 106. The Morgan fingerprint density at radius 1 is 1.44 bits per heavy atom. The molecule has 0 heterocycles. The van der Waals surface area contributed by atoms with Crippen molar-refractivity contribution in [3.05, 3.63) is 11.1 Å². The monoisotopic (exact) mass is 146 g/mol. The standard InChI is InChI=1S/C8H15Cl/c1-7(6-9)5-8(2,3)4/h6H,5H2,1-4H3. The number of halogens is 1. The molecule has 0 rings (SSSR count). The summed E-state index contributed by atoms with van der Waals surface area (Å²) in [6.07, 6.45) is 1.08. The molecule has 0 aliphatic heterocycles. The molecule has 54 valence electrons. The Morgan fingerprint density at radius 2 is 1.89 bits per heavy atom. The summed E-state index contributed by atoms with van der Waals surface area (Å²) in [5.74, 6) is 0. The predicted octanol–water partition coefficient (Wildman–Crippen LogP) is 3.57. The molecule has 0 amide bonds. The van der Waals surface area contributed by atoms with E-state index in [0.717, 1.165) is 6.42 Å². The van der Waals surface area contributed by atoms with Crippen molar-refractivity contribution in [2.75, 3.05) is 0 Å². The minimum absolute atomic E-state index is 0.371. The molecule has 0 aromatic rings. The van der Waals surface area contributed by atoms with Crippen molar-refractivity contribution in [3.8, 4) is 0 Å². The zero-order chi connectivity index (χ0) is 7.49. The van der Waals surface area contributed by atoms with Gasteiger partial charge in [-0.05, 0) is 18.8 Å². The van der Waals surface area contributed by atoms with E-state index in [9.17, 15) is 0 Å². The van der Waals surface area contributed by atoms with Crippen LogP contribution >= 0.6 is 11.6 Å². The van der Waals surface area contributed by atoms with Crippen LogP contribution in [0.1, 0.15) is 34.1 Å². The molecule has 0 unspecified atom stereocenters. The molecule has 0 aromatic heterocycles. The molecule has 0 nitrogen and oxygen atoms in total. The van der Waals surface area contributed by atoms with Gasteiger partial charge in [-0.25, -0.2) is 0 Å². The number of allylic oxidation sites excluding steroid dienone is 1. The van der Waals surface area contributed by atoms with E-state index < -0.39 is 0 Å². The van der Waals surface area contributed by atoms with Gasteiger partial charge >= 0.3 is 0 Å². The third kappa shape index (κ3) is 5.91. The molecule has 0 N–H and O–H groups in total. The van der Waals surface area contributed by atoms with Gasteiger partial charge in [-0.1, -0.05) is 37.9 Å². The molecule has 0 aromatic carbocycles. The SMILES string of the molecule is CC(=CCl)CC(C)(C)C. The molecular formula is C8H15Cl. The largest absolute Gasteiger partial charge is 0.0930 e. The molecule has 0 aliphatic rings. The fraction of sp³-hybridized carbons (Fsp3) is 0.750. The van der Waals surface area contributed by atoms with Crippen LogP contribution in [0.2, 0.25) is 0 Å². The lowest BCUT2D eigenvalue weighted by molar-refractivity contribution is 0.410. The Hall–Kier alpha value is 0.0300. The van der Waals surface area contributed by atoms with Crippen LogP contribution in [0.25, 0.3) is 0 Å².